The van der Waals surface area contributed by atoms with Gasteiger partial charge in [-0.25, -0.2) is 0 Å². The van der Waals surface area contributed by atoms with E-state index in [0.717, 1.165) is 25.6 Å². The lowest BCUT2D eigenvalue weighted by Crippen LogP contribution is -2.33. The summed E-state index contributed by atoms with van der Waals surface area (Å²) in [6.45, 7) is 3.71. The van der Waals surface area contributed by atoms with Gasteiger partial charge in [0.25, 0.3) is 0 Å². The molecule has 6 heteroatoms. The van der Waals surface area contributed by atoms with Gasteiger partial charge in [-0.1, -0.05) is 6.92 Å². The minimum absolute atomic E-state index is 0. The Morgan fingerprint density at radius 3 is 2.71 bits per heavy atom. The maximum atomic E-state index is 13.0. The molecule has 3 rings (SSSR count). The van der Waals surface area contributed by atoms with Crippen molar-refractivity contribution in [3.8, 4) is 0 Å². The summed E-state index contributed by atoms with van der Waals surface area (Å²) in [6, 6.07) is 4.02. The Balaban J connectivity index is 0.00000161. The zero-order valence-electron chi connectivity index (χ0n) is 11.5. The molecule has 0 radical (unpaired) electrons. The number of fused-ring (bicyclic) bond motifs is 1. The molecule has 1 aromatic heterocycles. The third kappa shape index (κ3) is 3.04. The molecule has 0 unspecified atom stereocenters. The van der Waals surface area contributed by atoms with Crippen LogP contribution in [0.5, 0.6) is 0 Å². The van der Waals surface area contributed by atoms with Gasteiger partial charge in [0.05, 0.1) is 11.8 Å². The van der Waals surface area contributed by atoms with Crippen molar-refractivity contribution in [2.75, 3.05) is 13.1 Å². The van der Waals surface area contributed by atoms with E-state index in [2.05, 4.69) is 12.2 Å². The third-order valence-corrected chi connectivity index (χ3v) is 4.09. The monoisotopic (exact) mass is 319 g/mol. The fourth-order valence-electron chi connectivity index (χ4n) is 3.02. The molecular formula is C15H17ClF3NO. The molecule has 0 amide bonds. The summed E-state index contributed by atoms with van der Waals surface area (Å²) in [7, 11) is 0. The zero-order chi connectivity index (χ0) is 14.3. The number of piperidine rings is 1. The van der Waals surface area contributed by atoms with Gasteiger partial charge in [0, 0.05) is 5.39 Å². The second-order valence-corrected chi connectivity index (χ2v) is 5.48. The third-order valence-electron chi connectivity index (χ3n) is 4.09. The highest BCUT2D eigenvalue weighted by Crippen LogP contribution is 2.39. The number of hydrogen-bond acceptors (Lipinski definition) is 2. The van der Waals surface area contributed by atoms with Crippen molar-refractivity contribution in [3.63, 3.8) is 0 Å². The molecule has 1 saturated heterocycles. The summed E-state index contributed by atoms with van der Waals surface area (Å²) in [4.78, 5) is 0. The lowest BCUT2D eigenvalue weighted by atomic mass is 9.81. The Bertz CT molecular complexity index is 623. The molecule has 2 heterocycles. The van der Waals surface area contributed by atoms with Crippen LogP contribution < -0.4 is 5.32 Å². The van der Waals surface area contributed by atoms with E-state index in [1.807, 2.05) is 0 Å². The van der Waals surface area contributed by atoms with Crippen molar-refractivity contribution in [1.82, 2.24) is 5.32 Å². The summed E-state index contributed by atoms with van der Waals surface area (Å²) < 4.78 is 44.5. The highest BCUT2D eigenvalue weighted by molar-refractivity contribution is 5.85. The maximum absolute atomic E-state index is 13.0. The summed E-state index contributed by atoms with van der Waals surface area (Å²) in [5.74, 6) is 0.396. The minimum Gasteiger partial charge on any atom is -0.464 e. The van der Waals surface area contributed by atoms with Crippen LogP contribution in [0.3, 0.4) is 0 Å². The predicted octanol–water partition coefficient (Wildman–Crippen LogP) is 4.59. The molecule has 0 bridgehead atoms. The number of hydrogen-bond donors (Lipinski definition) is 1. The number of nitrogens with one attached hydrogen (secondary N) is 1. The van der Waals surface area contributed by atoms with Crippen molar-refractivity contribution >= 4 is 23.4 Å². The van der Waals surface area contributed by atoms with Crippen LogP contribution in [0, 0.1) is 5.92 Å². The topological polar surface area (TPSA) is 25.2 Å². The van der Waals surface area contributed by atoms with E-state index in [4.69, 9.17) is 4.42 Å². The molecular weight excluding hydrogens is 303 g/mol. The Morgan fingerprint density at radius 2 is 2.05 bits per heavy atom. The molecule has 2 nitrogen and oxygen atoms in total. The van der Waals surface area contributed by atoms with Gasteiger partial charge in [-0.05, 0) is 55.1 Å². The number of halogens is 4. The van der Waals surface area contributed by atoms with Crippen molar-refractivity contribution in [2.45, 2.75) is 25.4 Å². The average Bonchev–Trinajstić information content (AvgIpc) is 2.85. The van der Waals surface area contributed by atoms with Gasteiger partial charge in [-0.15, -0.1) is 12.4 Å². The first-order chi connectivity index (χ1) is 9.47. The quantitative estimate of drug-likeness (QED) is 0.832. The van der Waals surface area contributed by atoms with Crippen LogP contribution in [-0.2, 0) is 6.18 Å². The van der Waals surface area contributed by atoms with Crippen LogP contribution in [0.15, 0.2) is 28.9 Å². The average molecular weight is 320 g/mol. The van der Waals surface area contributed by atoms with Crippen LogP contribution in [0.2, 0.25) is 0 Å². The lowest BCUT2D eigenvalue weighted by Gasteiger charge is -2.30. The van der Waals surface area contributed by atoms with Crippen molar-refractivity contribution in [2.24, 2.45) is 5.92 Å². The number of furan rings is 1. The predicted molar refractivity (Wildman–Crippen MR) is 77.9 cm³/mol. The molecule has 1 fully saturated rings. The van der Waals surface area contributed by atoms with Crippen molar-refractivity contribution < 1.29 is 17.6 Å². The molecule has 0 aliphatic carbocycles. The molecule has 21 heavy (non-hydrogen) atoms. The van der Waals surface area contributed by atoms with Crippen molar-refractivity contribution in [1.29, 1.82) is 0 Å². The second-order valence-electron chi connectivity index (χ2n) is 5.48. The number of rotatable bonds is 1. The Kier molecular flexibility index (Phi) is 4.54. The molecule has 116 valence electrons. The highest BCUT2D eigenvalue weighted by atomic mass is 35.5. The van der Waals surface area contributed by atoms with Crippen LogP contribution >= 0.6 is 12.4 Å². The normalized spacial score (nSPS) is 23.0. The van der Waals surface area contributed by atoms with Gasteiger partial charge in [0.1, 0.15) is 5.58 Å². The summed E-state index contributed by atoms with van der Waals surface area (Å²) >= 11 is 0. The summed E-state index contributed by atoms with van der Waals surface area (Å²) in [5, 5.41) is 3.80. The minimum atomic E-state index is -4.32. The van der Waals surface area contributed by atoms with E-state index in [0.29, 0.717) is 22.5 Å². The SMILES string of the molecule is C[C@H]1CNCC[C@H]1c1cc(C(F)(F)F)cc2ccoc12.Cl. The molecule has 2 atom stereocenters. The fourth-order valence-corrected chi connectivity index (χ4v) is 3.02. The molecule has 0 spiro atoms. The van der Waals surface area contributed by atoms with Crippen LogP contribution in [0.25, 0.3) is 11.0 Å². The van der Waals surface area contributed by atoms with Crippen LogP contribution in [0.1, 0.15) is 30.4 Å². The van der Waals surface area contributed by atoms with Gasteiger partial charge in [0.2, 0.25) is 0 Å². The lowest BCUT2D eigenvalue weighted by molar-refractivity contribution is -0.137. The molecule has 0 saturated carbocycles. The van der Waals surface area contributed by atoms with E-state index < -0.39 is 11.7 Å². The van der Waals surface area contributed by atoms with Crippen LogP contribution in [-0.4, -0.2) is 13.1 Å². The Hall–Kier alpha value is -1.20. The van der Waals surface area contributed by atoms with Gasteiger partial charge >= 0.3 is 6.18 Å². The van der Waals surface area contributed by atoms with Crippen LogP contribution in [0.4, 0.5) is 13.2 Å². The largest absolute Gasteiger partial charge is 0.464 e. The van der Waals surface area contributed by atoms with E-state index in [9.17, 15) is 13.2 Å². The fraction of sp³-hybridized carbons (Fsp3) is 0.467. The first-order valence-electron chi connectivity index (χ1n) is 6.76. The summed E-state index contributed by atoms with van der Waals surface area (Å²) in [5.41, 5.74) is 0.692. The highest BCUT2D eigenvalue weighted by Gasteiger charge is 2.34. The first kappa shape index (κ1) is 16.2. The smallest absolute Gasteiger partial charge is 0.416 e. The second kappa shape index (κ2) is 5.89. The standard InChI is InChI=1S/C15H16F3NO.ClH/c1-9-8-19-4-2-12(9)13-7-11(15(16,17)18)6-10-3-5-20-14(10)13;/h3,5-7,9,12,19H,2,4,8H2,1H3;1H/t9-,12+;/m0./s1. The molecule has 2 aromatic rings. The van der Waals surface area contributed by atoms with E-state index >= 15 is 0 Å². The first-order valence-corrected chi connectivity index (χ1v) is 6.76. The van der Waals surface area contributed by atoms with Gasteiger partial charge in [-0.3, -0.25) is 0 Å². The number of benzene rings is 1. The Morgan fingerprint density at radius 1 is 1.29 bits per heavy atom. The number of alkyl halides is 3. The van der Waals surface area contributed by atoms with E-state index in [1.54, 1.807) is 6.07 Å². The molecule has 1 aliphatic heterocycles. The van der Waals surface area contributed by atoms with Gasteiger partial charge in [0.15, 0.2) is 0 Å². The molecule has 1 N–H and O–H groups in total. The van der Waals surface area contributed by atoms with E-state index in [-0.39, 0.29) is 18.3 Å². The van der Waals surface area contributed by atoms with E-state index in [1.165, 1.54) is 12.3 Å². The Labute approximate surface area is 127 Å². The van der Waals surface area contributed by atoms with Gasteiger partial charge in [-0.2, -0.15) is 13.2 Å². The molecule has 1 aromatic carbocycles. The summed E-state index contributed by atoms with van der Waals surface area (Å²) in [6.07, 6.45) is -2.03. The zero-order valence-corrected chi connectivity index (χ0v) is 12.4. The molecule has 1 aliphatic rings. The van der Waals surface area contributed by atoms with Gasteiger partial charge < -0.3 is 9.73 Å². The van der Waals surface area contributed by atoms with Crippen molar-refractivity contribution in [3.05, 3.63) is 35.6 Å². The maximum Gasteiger partial charge on any atom is 0.416 e.